The van der Waals surface area contributed by atoms with Crippen LogP contribution in [-0.2, 0) is 10.3 Å². The van der Waals surface area contributed by atoms with Gasteiger partial charge in [-0.1, -0.05) is 30.4 Å². The van der Waals surface area contributed by atoms with Gasteiger partial charge in [-0.2, -0.15) is 0 Å². The standard InChI is InChI=1S/C24H28F2N2O3/c1-16(2)17-6-5-7-18(12-17)24(3,4)27-23(29)28-10-11-30-20(14-28)15-31-22-13-19(25)8-9-21(22)26/h5-9,12-13,20H,1,10-11,14-15H2,2-4H3,(H,27,29). The van der Waals surface area contributed by atoms with E-state index < -0.39 is 23.3 Å². The summed E-state index contributed by atoms with van der Waals surface area (Å²) in [6.45, 7) is 10.8. The van der Waals surface area contributed by atoms with Gasteiger partial charge in [0.1, 0.15) is 18.5 Å². The lowest BCUT2D eigenvalue weighted by Crippen LogP contribution is -2.54. The van der Waals surface area contributed by atoms with Gasteiger partial charge in [-0.05, 0) is 50.1 Å². The maximum atomic E-state index is 13.7. The summed E-state index contributed by atoms with van der Waals surface area (Å²) in [6.07, 6.45) is -0.447. The Hall–Kier alpha value is -2.93. The van der Waals surface area contributed by atoms with Crippen LogP contribution >= 0.6 is 0 Å². The largest absolute Gasteiger partial charge is 0.488 e. The molecule has 1 fully saturated rings. The number of hydrogen-bond acceptors (Lipinski definition) is 3. The monoisotopic (exact) mass is 430 g/mol. The van der Waals surface area contributed by atoms with E-state index in [0.29, 0.717) is 13.2 Å². The minimum absolute atomic E-state index is 0.00814. The van der Waals surface area contributed by atoms with Gasteiger partial charge < -0.3 is 19.7 Å². The Morgan fingerprint density at radius 3 is 2.81 bits per heavy atom. The zero-order valence-corrected chi connectivity index (χ0v) is 18.1. The van der Waals surface area contributed by atoms with Crippen LogP contribution < -0.4 is 10.1 Å². The Morgan fingerprint density at radius 1 is 1.29 bits per heavy atom. The number of rotatable bonds is 6. The van der Waals surface area contributed by atoms with E-state index in [9.17, 15) is 13.6 Å². The second kappa shape index (κ2) is 9.47. The Kier molecular flexibility index (Phi) is 6.95. The molecule has 7 heteroatoms. The van der Waals surface area contributed by atoms with E-state index in [-0.39, 0.29) is 24.9 Å². The third kappa shape index (κ3) is 5.82. The predicted octanol–water partition coefficient (Wildman–Crippen LogP) is 4.72. The number of morpholine rings is 1. The lowest BCUT2D eigenvalue weighted by molar-refractivity contribution is -0.0364. The highest BCUT2D eigenvalue weighted by Crippen LogP contribution is 2.24. The molecule has 1 aliphatic rings. The van der Waals surface area contributed by atoms with Crippen molar-refractivity contribution in [2.75, 3.05) is 26.3 Å². The molecule has 2 aromatic carbocycles. The van der Waals surface area contributed by atoms with Gasteiger partial charge >= 0.3 is 6.03 Å². The summed E-state index contributed by atoms with van der Waals surface area (Å²) >= 11 is 0. The zero-order valence-electron chi connectivity index (χ0n) is 18.1. The SMILES string of the molecule is C=C(C)c1cccc(C(C)(C)NC(=O)N2CCOC(COc3cc(F)ccc3F)C2)c1. The summed E-state index contributed by atoms with van der Waals surface area (Å²) in [5.74, 6) is -1.41. The number of amides is 2. The van der Waals surface area contributed by atoms with Crippen molar-refractivity contribution in [1.29, 1.82) is 0 Å². The summed E-state index contributed by atoms with van der Waals surface area (Å²) in [4.78, 5) is 14.6. The molecule has 0 radical (unpaired) electrons. The van der Waals surface area contributed by atoms with Gasteiger partial charge in [0.25, 0.3) is 0 Å². The summed E-state index contributed by atoms with van der Waals surface area (Å²) in [5.41, 5.74) is 2.34. The van der Waals surface area contributed by atoms with Crippen LogP contribution in [-0.4, -0.2) is 43.3 Å². The van der Waals surface area contributed by atoms with Crippen molar-refractivity contribution in [3.8, 4) is 5.75 Å². The fraction of sp³-hybridized carbons (Fsp3) is 0.375. The lowest BCUT2D eigenvalue weighted by Gasteiger charge is -2.36. The maximum Gasteiger partial charge on any atom is 0.318 e. The topological polar surface area (TPSA) is 50.8 Å². The van der Waals surface area contributed by atoms with Crippen LogP contribution in [0.5, 0.6) is 5.75 Å². The highest BCUT2D eigenvalue weighted by molar-refractivity contribution is 5.75. The molecule has 1 N–H and O–H groups in total. The second-order valence-electron chi connectivity index (χ2n) is 8.24. The van der Waals surface area contributed by atoms with E-state index >= 15 is 0 Å². The van der Waals surface area contributed by atoms with Crippen LogP contribution in [0.2, 0.25) is 0 Å². The molecule has 0 bridgehead atoms. The number of carbonyl (C=O) groups is 1. The number of halogens is 2. The van der Waals surface area contributed by atoms with Crippen molar-refractivity contribution in [3.05, 3.63) is 71.8 Å². The van der Waals surface area contributed by atoms with Crippen LogP contribution in [0.15, 0.2) is 49.0 Å². The summed E-state index contributed by atoms with van der Waals surface area (Å²) < 4.78 is 38.1. The third-order valence-corrected chi connectivity index (χ3v) is 5.24. The number of nitrogens with one attached hydrogen (secondary N) is 1. The average molecular weight is 430 g/mol. The van der Waals surface area contributed by atoms with Gasteiger partial charge in [-0.15, -0.1) is 0 Å². The van der Waals surface area contributed by atoms with Crippen molar-refractivity contribution in [1.82, 2.24) is 10.2 Å². The molecule has 1 atom stereocenters. The zero-order chi connectivity index (χ0) is 22.6. The molecule has 1 unspecified atom stereocenters. The average Bonchev–Trinajstić information content (AvgIpc) is 2.74. The first-order chi connectivity index (χ1) is 14.7. The number of urea groups is 1. The van der Waals surface area contributed by atoms with E-state index in [0.717, 1.165) is 34.9 Å². The molecule has 166 valence electrons. The Morgan fingerprint density at radius 2 is 2.06 bits per heavy atom. The van der Waals surface area contributed by atoms with Crippen molar-refractivity contribution in [3.63, 3.8) is 0 Å². The summed E-state index contributed by atoms with van der Waals surface area (Å²) in [5, 5.41) is 3.07. The molecule has 1 aliphatic heterocycles. The van der Waals surface area contributed by atoms with Crippen LogP contribution in [0.25, 0.3) is 5.57 Å². The molecule has 2 aromatic rings. The minimum Gasteiger partial charge on any atom is -0.488 e. The molecular formula is C24H28F2N2O3. The molecule has 0 saturated carbocycles. The lowest BCUT2D eigenvalue weighted by atomic mass is 9.92. The smallest absolute Gasteiger partial charge is 0.318 e. The van der Waals surface area contributed by atoms with Crippen LogP contribution in [0, 0.1) is 11.6 Å². The summed E-state index contributed by atoms with van der Waals surface area (Å²) in [7, 11) is 0. The molecule has 3 rings (SSSR count). The number of nitrogens with zero attached hydrogens (tertiary/aromatic N) is 1. The molecular weight excluding hydrogens is 402 g/mol. The van der Waals surface area contributed by atoms with Gasteiger partial charge in [0, 0.05) is 12.6 Å². The van der Waals surface area contributed by atoms with Crippen molar-refractivity contribution < 1.29 is 23.0 Å². The first-order valence-corrected chi connectivity index (χ1v) is 10.2. The Balaban J connectivity index is 1.60. The number of ether oxygens (including phenoxy) is 2. The molecule has 0 aromatic heterocycles. The fourth-order valence-corrected chi connectivity index (χ4v) is 3.37. The van der Waals surface area contributed by atoms with E-state index in [1.54, 1.807) is 4.90 Å². The number of allylic oxidation sites excluding steroid dienone is 1. The number of benzene rings is 2. The third-order valence-electron chi connectivity index (χ3n) is 5.24. The van der Waals surface area contributed by atoms with E-state index in [1.165, 1.54) is 0 Å². The molecule has 0 aliphatic carbocycles. The molecule has 1 heterocycles. The maximum absolute atomic E-state index is 13.7. The van der Waals surface area contributed by atoms with Gasteiger partial charge in [-0.25, -0.2) is 13.6 Å². The fourth-order valence-electron chi connectivity index (χ4n) is 3.37. The van der Waals surface area contributed by atoms with Crippen LogP contribution in [0.1, 0.15) is 31.9 Å². The molecule has 0 spiro atoms. The Bertz CT molecular complexity index is 962. The van der Waals surface area contributed by atoms with E-state index in [4.69, 9.17) is 9.47 Å². The van der Waals surface area contributed by atoms with Crippen LogP contribution in [0.3, 0.4) is 0 Å². The summed E-state index contributed by atoms with van der Waals surface area (Å²) in [6, 6.07) is 10.7. The van der Waals surface area contributed by atoms with Gasteiger partial charge in [0.2, 0.25) is 0 Å². The highest BCUT2D eigenvalue weighted by Gasteiger charge is 2.30. The quantitative estimate of drug-likeness (QED) is 0.721. The van der Waals surface area contributed by atoms with Crippen molar-refractivity contribution in [2.24, 2.45) is 0 Å². The van der Waals surface area contributed by atoms with Crippen LogP contribution in [0.4, 0.5) is 13.6 Å². The minimum atomic E-state index is -0.648. The molecule has 2 amide bonds. The van der Waals surface area contributed by atoms with Gasteiger partial charge in [0.15, 0.2) is 11.6 Å². The first kappa shape index (κ1) is 22.7. The van der Waals surface area contributed by atoms with Crippen molar-refractivity contribution in [2.45, 2.75) is 32.4 Å². The normalized spacial score (nSPS) is 16.7. The van der Waals surface area contributed by atoms with E-state index in [1.807, 2.05) is 45.0 Å². The molecule has 5 nitrogen and oxygen atoms in total. The predicted molar refractivity (Wildman–Crippen MR) is 116 cm³/mol. The van der Waals surface area contributed by atoms with E-state index in [2.05, 4.69) is 11.9 Å². The second-order valence-corrected chi connectivity index (χ2v) is 8.24. The van der Waals surface area contributed by atoms with Crippen molar-refractivity contribution >= 4 is 11.6 Å². The number of carbonyl (C=O) groups excluding carboxylic acids is 1. The molecule has 1 saturated heterocycles. The first-order valence-electron chi connectivity index (χ1n) is 10.2. The Labute approximate surface area is 181 Å². The van der Waals surface area contributed by atoms with Gasteiger partial charge in [0.05, 0.1) is 18.7 Å². The van der Waals surface area contributed by atoms with Gasteiger partial charge in [-0.3, -0.25) is 0 Å². The number of hydrogen-bond donors (Lipinski definition) is 1. The highest BCUT2D eigenvalue weighted by atomic mass is 19.1. The molecule has 31 heavy (non-hydrogen) atoms.